The second-order valence-corrected chi connectivity index (χ2v) is 3.14. The van der Waals surface area contributed by atoms with E-state index in [-0.39, 0.29) is 13.2 Å². The Kier molecular flexibility index (Phi) is 16.8. The maximum Gasteiger partial charge on any atom is 0.369 e. The van der Waals surface area contributed by atoms with Crippen molar-refractivity contribution in [1.82, 2.24) is 0 Å². The van der Waals surface area contributed by atoms with Gasteiger partial charge in [-0.1, -0.05) is 26.0 Å². The van der Waals surface area contributed by atoms with Crippen LogP contribution in [-0.2, 0) is 24.4 Å². The van der Waals surface area contributed by atoms with Gasteiger partial charge in [-0.25, -0.2) is 9.59 Å². The highest BCUT2D eigenvalue weighted by Crippen LogP contribution is 1.96. The molecular weight excluding hydrogens is 256 g/mol. The standard InChI is InChI=1S/C6H6O5.C6H14O2/c1-3-5(7)9-11-10-6(8)4-2;7-5-3-1-2-4-6-8/h3-4H,1-2H2;7-8H,1-6H2. The van der Waals surface area contributed by atoms with Crippen molar-refractivity contribution in [3.05, 3.63) is 25.3 Å². The number of aliphatic hydroxyl groups is 2. The number of hydrogen-bond donors (Lipinski definition) is 2. The highest BCUT2D eigenvalue weighted by molar-refractivity contribution is 5.81. The summed E-state index contributed by atoms with van der Waals surface area (Å²) in [5.41, 5.74) is 0. The zero-order valence-electron chi connectivity index (χ0n) is 10.7. The summed E-state index contributed by atoms with van der Waals surface area (Å²) in [6.07, 6.45) is 5.53. The summed E-state index contributed by atoms with van der Waals surface area (Å²) in [6.45, 7) is 6.69. The molecule has 0 saturated heterocycles. The number of carbonyl (C=O) groups excluding carboxylic acids is 2. The molecule has 0 aromatic carbocycles. The van der Waals surface area contributed by atoms with Gasteiger partial charge >= 0.3 is 11.9 Å². The molecule has 110 valence electrons. The van der Waals surface area contributed by atoms with Crippen LogP contribution in [0.15, 0.2) is 25.3 Å². The first-order chi connectivity index (χ1) is 9.12. The predicted molar refractivity (Wildman–Crippen MR) is 66.3 cm³/mol. The molecule has 0 saturated carbocycles. The van der Waals surface area contributed by atoms with E-state index in [2.05, 4.69) is 28.0 Å². The normalized spacial score (nSPS) is 8.74. The number of carbonyl (C=O) groups is 2. The van der Waals surface area contributed by atoms with Crippen molar-refractivity contribution in [2.75, 3.05) is 13.2 Å². The summed E-state index contributed by atoms with van der Waals surface area (Å²) in [6, 6.07) is 0. The van der Waals surface area contributed by atoms with Crippen LogP contribution in [0.3, 0.4) is 0 Å². The molecule has 0 aromatic heterocycles. The van der Waals surface area contributed by atoms with Crippen LogP contribution >= 0.6 is 0 Å². The first kappa shape index (κ1) is 19.6. The third kappa shape index (κ3) is 18.8. The van der Waals surface area contributed by atoms with Gasteiger partial charge in [0, 0.05) is 30.4 Å². The minimum absolute atomic E-state index is 0.283. The second-order valence-electron chi connectivity index (χ2n) is 3.14. The van der Waals surface area contributed by atoms with Gasteiger partial charge in [0.25, 0.3) is 0 Å². The van der Waals surface area contributed by atoms with Crippen LogP contribution in [-0.4, -0.2) is 35.4 Å². The molecule has 0 aliphatic heterocycles. The summed E-state index contributed by atoms with van der Waals surface area (Å²) < 4.78 is 0. The lowest BCUT2D eigenvalue weighted by Gasteiger charge is -1.95. The van der Waals surface area contributed by atoms with Gasteiger partial charge in [0.1, 0.15) is 0 Å². The Morgan fingerprint density at radius 1 is 0.842 bits per heavy atom. The predicted octanol–water partition coefficient (Wildman–Crippen LogP) is 0.823. The molecule has 19 heavy (non-hydrogen) atoms. The first-order valence-electron chi connectivity index (χ1n) is 5.68. The van der Waals surface area contributed by atoms with Gasteiger partial charge in [-0.2, -0.15) is 0 Å². The fraction of sp³-hybridized carbons (Fsp3) is 0.500. The molecule has 0 heterocycles. The van der Waals surface area contributed by atoms with E-state index in [1.165, 1.54) is 0 Å². The van der Waals surface area contributed by atoms with Gasteiger partial charge < -0.3 is 10.2 Å². The van der Waals surface area contributed by atoms with E-state index < -0.39 is 11.9 Å². The van der Waals surface area contributed by atoms with Crippen LogP contribution < -0.4 is 0 Å². The van der Waals surface area contributed by atoms with E-state index in [4.69, 9.17) is 10.2 Å². The number of aliphatic hydroxyl groups excluding tert-OH is 2. The Labute approximate surface area is 111 Å². The van der Waals surface area contributed by atoms with Crippen LogP contribution in [0.5, 0.6) is 0 Å². The molecule has 0 fully saturated rings. The molecular formula is C12H20O7. The highest BCUT2D eigenvalue weighted by atomic mass is 17.5. The molecule has 0 amide bonds. The lowest BCUT2D eigenvalue weighted by atomic mass is 10.2. The number of unbranched alkanes of at least 4 members (excludes halogenated alkanes) is 3. The molecule has 7 nitrogen and oxygen atoms in total. The van der Waals surface area contributed by atoms with Gasteiger partial charge in [0.15, 0.2) is 0 Å². The Bertz CT molecular complexity index is 237. The van der Waals surface area contributed by atoms with Gasteiger partial charge in [-0.05, 0) is 12.8 Å². The Morgan fingerprint density at radius 3 is 1.47 bits per heavy atom. The van der Waals surface area contributed by atoms with E-state index in [1.54, 1.807) is 0 Å². The monoisotopic (exact) mass is 276 g/mol. The zero-order valence-corrected chi connectivity index (χ0v) is 10.7. The fourth-order valence-electron chi connectivity index (χ4n) is 0.729. The van der Waals surface area contributed by atoms with Crippen LogP contribution in [0.25, 0.3) is 0 Å². The van der Waals surface area contributed by atoms with Gasteiger partial charge in [-0.3, -0.25) is 9.78 Å². The van der Waals surface area contributed by atoms with Gasteiger partial charge in [-0.15, -0.1) is 0 Å². The van der Waals surface area contributed by atoms with E-state index in [0.29, 0.717) is 0 Å². The third-order valence-electron chi connectivity index (χ3n) is 1.63. The van der Waals surface area contributed by atoms with Crippen molar-refractivity contribution in [2.45, 2.75) is 25.7 Å². The zero-order chi connectivity index (χ0) is 14.9. The van der Waals surface area contributed by atoms with Crippen molar-refractivity contribution < 1.29 is 34.6 Å². The molecule has 0 rings (SSSR count). The van der Waals surface area contributed by atoms with Crippen LogP contribution in [0.2, 0.25) is 0 Å². The average Bonchev–Trinajstić information content (AvgIpc) is 2.44. The Balaban J connectivity index is 0. The summed E-state index contributed by atoms with van der Waals surface area (Å²) >= 11 is 0. The first-order valence-corrected chi connectivity index (χ1v) is 5.68. The lowest BCUT2D eigenvalue weighted by molar-refractivity contribution is -0.455. The largest absolute Gasteiger partial charge is 0.396 e. The minimum atomic E-state index is -0.859. The molecule has 0 spiro atoms. The van der Waals surface area contributed by atoms with Crippen molar-refractivity contribution in [1.29, 1.82) is 0 Å². The second kappa shape index (κ2) is 16.3. The summed E-state index contributed by atoms with van der Waals surface area (Å²) in [5, 5.41) is 20.3. The van der Waals surface area contributed by atoms with Gasteiger partial charge in [0.2, 0.25) is 0 Å². The van der Waals surface area contributed by atoms with E-state index in [0.717, 1.165) is 37.8 Å². The van der Waals surface area contributed by atoms with Crippen molar-refractivity contribution in [3.8, 4) is 0 Å². The molecule has 0 aliphatic rings. The lowest BCUT2D eigenvalue weighted by Crippen LogP contribution is -2.06. The maximum atomic E-state index is 10.2. The smallest absolute Gasteiger partial charge is 0.369 e. The molecule has 0 radical (unpaired) electrons. The third-order valence-corrected chi connectivity index (χ3v) is 1.63. The molecule has 2 N–H and O–H groups in total. The van der Waals surface area contributed by atoms with Crippen LogP contribution in [0, 0.1) is 0 Å². The van der Waals surface area contributed by atoms with Crippen molar-refractivity contribution >= 4 is 11.9 Å². The van der Waals surface area contributed by atoms with E-state index in [9.17, 15) is 9.59 Å². The summed E-state index contributed by atoms with van der Waals surface area (Å²) in [7, 11) is 0. The highest BCUT2D eigenvalue weighted by Gasteiger charge is 2.00. The van der Waals surface area contributed by atoms with Crippen molar-refractivity contribution in [2.24, 2.45) is 0 Å². The molecule has 0 unspecified atom stereocenters. The summed E-state index contributed by atoms with van der Waals surface area (Å²) in [4.78, 5) is 28.0. The van der Waals surface area contributed by atoms with E-state index in [1.807, 2.05) is 0 Å². The van der Waals surface area contributed by atoms with Crippen molar-refractivity contribution in [3.63, 3.8) is 0 Å². The fourth-order valence-corrected chi connectivity index (χ4v) is 0.729. The van der Waals surface area contributed by atoms with Gasteiger partial charge in [0.05, 0.1) is 0 Å². The minimum Gasteiger partial charge on any atom is -0.396 e. The molecule has 7 heteroatoms. The molecule has 0 bridgehead atoms. The maximum absolute atomic E-state index is 10.2. The topological polar surface area (TPSA) is 102 Å². The Morgan fingerprint density at radius 2 is 1.21 bits per heavy atom. The summed E-state index contributed by atoms with van der Waals surface area (Å²) in [5.74, 6) is -1.72. The average molecular weight is 276 g/mol. The number of hydrogen-bond acceptors (Lipinski definition) is 7. The van der Waals surface area contributed by atoms with E-state index >= 15 is 0 Å². The molecule has 0 aliphatic carbocycles. The SMILES string of the molecule is C=CC(=O)OOOC(=O)C=C.OCCCCCCO. The molecule has 0 aromatic rings. The quantitative estimate of drug-likeness (QED) is 0.278. The molecule has 0 atom stereocenters. The Hall–Kier alpha value is -1.70. The number of rotatable bonds is 9. The van der Waals surface area contributed by atoms with Crippen LogP contribution in [0.1, 0.15) is 25.7 Å². The van der Waals surface area contributed by atoms with Crippen LogP contribution in [0.4, 0.5) is 0 Å².